The summed E-state index contributed by atoms with van der Waals surface area (Å²) in [6.07, 6.45) is 1.59. The van der Waals surface area contributed by atoms with Crippen molar-refractivity contribution in [3.8, 4) is 0 Å². The second kappa shape index (κ2) is 5.13. The highest BCUT2D eigenvalue weighted by molar-refractivity contribution is 6.06. The minimum absolute atomic E-state index is 0.0526. The lowest BCUT2D eigenvalue weighted by molar-refractivity contribution is -0.116. The van der Waals surface area contributed by atoms with E-state index in [9.17, 15) is 4.79 Å². The Morgan fingerprint density at radius 1 is 1.33 bits per heavy atom. The fourth-order valence-corrected chi connectivity index (χ4v) is 1.27. The molecule has 0 spiro atoms. The van der Waals surface area contributed by atoms with Crippen LogP contribution in [0.15, 0.2) is 57.0 Å². The summed E-state index contributed by atoms with van der Waals surface area (Å²) in [5.41, 5.74) is 2.09. The van der Waals surface area contributed by atoms with E-state index >= 15 is 0 Å². The van der Waals surface area contributed by atoms with E-state index in [1.807, 2.05) is 31.2 Å². The Balaban J connectivity index is 2.12. The smallest absolute Gasteiger partial charge is 0.277 e. The van der Waals surface area contributed by atoms with Gasteiger partial charge in [-0.2, -0.15) is 5.10 Å². The molecule has 0 aliphatic carbocycles. The number of azo groups is 1. The number of nitrogens with zero attached hydrogens (tertiary/aromatic N) is 4. The molecular weight excluding hydrogens is 230 g/mol. The molecule has 1 aliphatic rings. The number of rotatable bonds is 2. The molecule has 0 saturated heterocycles. The van der Waals surface area contributed by atoms with E-state index < -0.39 is 5.91 Å². The summed E-state index contributed by atoms with van der Waals surface area (Å²) < 4.78 is 0. The molecule has 1 aromatic rings. The molecule has 1 aliphatic heterocycles. The van der Waals surface area contributed by atoms with Gasteiger partial charge < -0.3 is 0 Å². The van der Waals surface area contributed by atoms with Gasteiger partial charge >= 0.3 is 0 Å². The number of benzene rings is 1. The summed E-state index contributed by atoms with van der Waals surface area (Å²) >= 11 is 0. The molecule has 1 amide bonds. The zero-order chi connectivity index (χ0) is 13.0. The molecule has 18 heavy (non-hydrogen) atoms. The van der Waals surface area contributed by atoms with Crippen molar-refractivity contribution in [2.75, 3.05) is 0 Å². The lowest BCUT2D eigenvalue weighted by atomic mass is 10.1. The first kappa shape index (κ1) is 11.8. The Morgan fingerprint density at radius 2 is 2.11 bits per heavy atom. The molecule has 6 nitrogen and oxygen atoms in total. The van der Waals surface area contributed by atoms with E-state index in [0.717, 1.165) is 11.1 Å². The van der Waals surface area contributed by atoms with Gasteiger partial charge in [-0.25, -0.2) is 0 Å². The van der Waals surface area contributed by atoms with Crippen molar-refractivity contribution in [2.45, 2.75) is 6.92 Å². The second-order valence-corrected chi connectivity index (χ2v) is 3.63. The number of guanidine groups is 1. The van der Waals surface area contributed by atoms with Crippen LogP contribution in [0.25, 0.3) is 0 Å². The zero-order valence-electron chi connectivity index (χ0n) is 9.79. The molecule has 0 atom stereocenters. The number of hydrogen-bond acceptors (Lipinski definition) is 4. The Hall–Kier alpha value is -2.63. The van der Waals surface area contributed by atoms with Crippen LogP contribution in [0.1, 0.15) is 11.1 Å². The fourth-order valence-electron chi connectivity index (χ4n) is 1.27. The second-order valence-electron chi connectivity index (χ2n) is 3.63. The molecule has 6 heteroatoms. The van der Waals surface area contributed by atoms with Gasteiger partial charge in [0, 0.05) is 0 Å². The van der Waals surface area contributed by atoms with Crippen LogP contribution in [0.4, 0.5) is 0 Å². The van der Waals surface area contributed by atoms with Crippen molar-refractivity contribution in [1.82, 2.24) is 5.32 Å². The van der Waals surface area contributed by atoms with Gasteiger partial charge in [0.2, 0.25) is 0 Å². The summed E-state index contributed by atoms with van der Waals surface area (Å²) in [5.74, 6) is -0.368. The molecule has 0 fully saturated rings. The van der Waals surface area contributed by atoms with E-state index in [1.54, 1.807) is 6.21 Å². The number of hydrogen-bond donors (Lipinski definition) is 1. The lowest BCUT2D eigenvalue weighted by Crippen LogP contribution is -2.32. The lowest BCUT2D eigenvalue weighted by Gasteiger charge is -2.05. The third-order valence-electron chi connectivity index (χ3n) is 2.29. The SMILES string of the molecule is C=C1N=N/C(=N/N=C/c2ccccc2C)NC1=O. The number of carbonyl (C=O) groups is 1. The third-order valence-corrected chi connectivity index (χ3v) is 2.29. The normalized spacial score (nSPS) is 17.5. The van der Waals surface area contributed by atoms with Crippen LogP contribution in [-0.4, -0.2) is 18.1 Å². The van der Waals surface area contributed by atoms with Crippen molar-refractivity contribution in [3.63, 3.8) is 0 Å². The van der Waals surface area contributed by atoms with Gasteiger partial charge in [0.1, 0.15) is 5.70 Å². The summed E-state index contributed by atoms with van der Waals surface area (Å²) in [7, 11) is 0. The predicted octanol–water partition coefficient (Wildman–Crippen LogP) is 1.78. The van der Waals surface area contributed by atoms with Crippen LogP contribution in [-0.2, 0) is 4.79 Å². The number of amides is 1. The highest BCUT2D eigenvalue weighted by Crippen LogP contribution is 2.04. The Bertz CT molecular complexity index is 586. The molecule has 1 N–H and O–H groups in total. The van der Waals surface area contributed by atoms with Crippen molar-refractivity contribution in [1.29, 1.82) is 0 Å². The van der Waals surface area contributed by atoms with Gasteiger partial charge in [-0.3, -0.25) is 10.1 Å². The van der Waals surface area contributed by atoms with Crippen LogP contribution in [0.3, 0.4) is 0 Å². The van der Waals surface area contributed by atoms with Gasteiger partial charge in [-0.1, -0.05) is 30.8 Å². The molecule has 1 heterocycles. The monoisotopic (exact) mass is 241 g/mol. The van der Waals surface area contributed by atoms with E-state index in [-0.39, 0.29) is 11.7 Å². The molecule has 90 valence electrons. The summed E-state index contributed by atoms with van der Waals surface area (Å²) in [6, 6.07) is 7.75. The number of aryl methyl sites for hydroxylation is 1. The molecule has 0 aromatic heterocycles. The quantitative estimate of drug-likeness (QED) is 0.478. The average Bonchev–Trinajstić information content (AvgIpc) is 2.36. The van der Waals surface area contributed by atoms with Gasteiger partial charge in [-0.15, -0.1) is 15.3 Å². The van der Waals surface area contributed by atoms with Gasteiger partial charge in [-0.05, 0) is 18.1 Å². The summed E-state index contributed by atoms with van der Waals surface area (Å²) in [4.78, 5) is 11.2. The van der Waals surface area contributed by atoms with Gasteiger partial charge in [0.05, 0.1) is 6.21 Å². The highest BCUT2D eigenvalue weighted by atomic mass is 16.2. The minimum atomic E-state index is -0.421. The number of nitrogens with one attached hydrogen (secondary N) is 1. The molecular formula is C12H11N5O. The van der Waals surface area contributed by atoms with Gasteiger partial charge in [0.15, 0.2) is 0 Å². The topological polar surface area (TPSA) is 78.5 Å². The average molecular weight is 241 g/mol. The molecule has 0 saturated carbocycles. The van der Waals surface area contributed by atoms with Crippen molar-refractivity contribution >= 4 is 18.1 Å². The first-order valence-electron chi connectivity index (χ1n) is 5.25. The fraction of sp³-hybridized carbons (Fsp3) is 0.0833. The zero-order valence-corrected chi connectivity index (χ0v) is 9.79. The Labute approximate surface area is 104 Å². The third kappa shape index (κ3) is 2.73. The predicted molar refractivity (Wildman–Crippen MR) is 68.3 cm³/mol. The molecule has 1 aromatic carbocycles. The first-order chi connectivity index (χ1) is 8.66. The largest absolute Gasteiger partial charge is 0.286 e. The van der Waals surface area contributed by atoms with Crippen molar-refractivity contribution in [3.05, 3.63) is 47.7 Å². The summed E-state index contributed by atoms with van der Waals surface area (Å²) in [6.45, 7) is 5.38. The Kier molecular flexibility index (Phi) is 3.38. The summed E-state index contributed by atoms with van der Waals surface area (Å²) in [5, 5.41) is 17.2. The van der Waals surface area contributed by atoms with Gasteiger partial charge in [0.25, 0.3) is 11.9 Å². The van der Waals surface area contributed by atoms with Crippen LogP contribution in [0.5, 0.6) is 0 Å². The van der Waals surface area contributed by atoms with E-state index in [1.165, 1.54) is 0 Å². The minimum Gasteiger partial charge on any atom is -0.286 e. The maximum Gasteiger partial charge on any atom is 0.277 e. The molecule has 0 radical (unpaired) electrons. The number of carbonyl (C=O) groups excluding carboxylic acids is 1. The Morgan fingerprint density at radius 3 is 2.83 bits per heavy atom. The molecule has 0 unspecified atom stereocenters. The standard InChI is InChI=1S/C12H11N5O/c1-8-5-3-4-6-10(8)7-13-16-12-14-11(18)9(2)15-17-12/h3-7H,2H2,1H3,(H,14,16,18)/b13-7+. The molecule has 2 rings (SSSR count). The first-order valence-corrected chi connectivity index (χ1v) is 5.25. The van der Waals surface area contributed by atoms with Crippen molar-refractivity contribution < 1.29 is 4.79 Å². The van der Waals surface area contributed by atoms with Crippen LogP contribution >= 0.6 is 0 Å². The van der Waals surface area contributed by atoms with E-state index in [4.69, 9.17) is 0 Å². The maximum absolute atomic E-state index is 11.2. The van der Waals surface area contributed by atoms with E-state index in [2.05, 4.69) is 32.3 Å². The van der Waals surface area contributed by atoms with Crippen molar-refractivity contribution in [2.24, 2.45) is 20.4 Å². The van der Waals surface area contributed by atoms with Crippen LogP contribution in [0, 0.1) is 6.92 Å². The van der Waals surface area contributed by atoms with Crippen LogP contribution < -0.4 is 5.32 Å². The van der Waals surface area contributed by atoms with Crippen LogP contribution in [0.2, 0.25) is 0 Å². The van der Waals surface area contributed by atoms with E-state index in [0.29, 0.717) is 0 Å². The molecule has 0 bridgehead atoms. The highest BCUT2D eigenvalue weighted by Gasteiger charge is 2.14. The maximum atomic E-state index is 11.2.